The molecule has 0 bridgehead atoms. The van der Waals surface area contributed by atoms with Crippen LogP contribution in [-0.2, 0) is 0 Å². The van der Waals surface area contributed by atoms with E-state index in [9.17, 15) is 4.79 Å². The molecular weight excluding hydrogens is 282 g/mol. The highest BCUT2D eigenvalue weighted by molar-refractivity contribution is 7.18. The second-order valence-corrected chi connectivity index (χ2v) is 6.36. The maximum Gasteiger partial charge on any atom is 0.265 e. The Labute approximate surface area is 128 Å². The summed E-state index contributed by atoms with van der Waals surface area (Å²) in [4.78, 5) is 20.6. The van der Waals surface area contributed by atoms with E-state index in [0.717, 1.165) is 33.8 Å². The Balaban J connectivity index is 2.09. The molecule has 4 nitrogen and oxygen atoms in total. The van der Waals surface area contributed by atoms with Gasteiger partial charge >= 0.3 is 0 Å². The number of anilines is 1. The molecule has 110 valence electrons. The average molecular weight is 301 g/mol. The lowest BCUT2D eigenvalue weighted by molar-refractivity contribution is 0.0880. The van der Waals surface area contributed by atoms with Gasteiger partial charge in [-0.3, -0.25) is 9.78 Å². The van der Waals surface area contributed by atoms with Gasteiger partial charge in [0.15, 0.2) is 0 Å². The van der Waals surface area contributed by atoms with Gasteiger partial charge in [-0.2, -0.15) is 0 Å². The highest BCUT2D eigenvalue weighted by Crippen LogP contribution is 2.42. The van der Waals surface area contributed by atoms with E-state index < -0.39 is 0 Å². The number of aromatic nitrogens is 1. The molecule has 0 saturated heterocycles. The molecule has 0 radical (unpaired) electrons. The summed E-state index contributed by atoms with van der Waals surface area (Å²) in [7, 11) is 2.06. The van der Waals surface area contributed by atoms with Crippen molar-refractivity contribution >= 4 is 22.9 Å². The molecule has 1 aliphatic rings. The number of carbonyl (C=O) groups excluding carboxylic acids is 1. The van der Waals surface area contributed by atoms with Crippen LogP contribution in [0.5, 0.6) is 0 Å². The molecule has 3 rings (SSSR count). The van der Waals surface area contributed by atoms with E-state index in [1.807, 2.05) is 12.1 Å². The fourth-order valence-corrected chi connectivity index (χ4v) is 4.02. The Bertz CT molecular complexity index is 661. The Morgan fingerprint density at radius 1 is 1.29 bits per heavy atom. The zero-order chi connectivity index (χ0) is 15.0. The Morgan fingerprint density at radius 2 is 1.95 bits per heavy atom. The molecular formula is C16H19N3OS. The number of rotatable bonds is 3. The Hall–Kier alpha value is -1.88. The van der Waals surface area contributed by atoms with Crippen molar-refractivity contribution in [1.29, 1.82) is 0 Å². The summed E-state index contributed by atoms with van der Waals surface area (Å²) < 4.78 is 0. The van der Waals surface area contributed by atoms with Crippen molar-refractivity contribution in [3.05, 3.63) is 35.5 Å². The van der Waals surface area contributed by atoms with Crippen molar-refractivity contribution in [3.63, 3.8) is 0 Å². The Morgan fingerprint density at radius 3 is 2.57 bits per heavy atom. The maximum atomic E-state index is 12.5. The third-order valence-electron chi connectivity index (χ3n) is 4.40. The number of hydrogen-bond acceptors (Lipinski definition) is 4. The van der Waals surface area contributed by atoms with Gasteiger partial charge in [-0.25, -0.2) is 0 Å². The summed E-state index contributed by atoms with van der Waals surface area (Å²) in [5.41, 5.74) is 1.85. The zero-order valence-corrected chi connectivity index (χ0v) is 13.3. The van der Waals surface area contributed by atoms with E-state index in [1.165, 1.54) is 0 Å². The summed E-state index contributed by atoms with van der Waals surface area (Å²) >= 11 is 1.54. The van der Waals surface area contributed by atoms with Gasteiger partial charge in [-0.15, -0.1) is 11.3 Å². The summed E-state index contributed by atoms with van der Waals surface area (Å²) in [6.07, 6.45) is 5.32. The van der Waals surface area contributed by atoms with E-state index in [-0.39, 0.29) is 11.6 Å². The number of thiophene rings is 1. The molecule has 0 fully saturated rings. The summed E-state index contributed by atoms with van der Waals surface area (Å²) in [5, 5.41) is 3.19. The topological polar surface area (TPSA) is 45.2 Å². The average Bonchev–Trinajstić information content (AvgIpc) is 2.98. The first-order valence-corrected chi connectivity index (χ1v) is 8.03. The lowest BCUT2D eigenvalue weighted by Gasteiger charge is -2.45. The van der Waals surface area contributed by atoms with Gasteiger partial charge in [-0.05, 0) is 36.6 Å². The molecule has 1 amide bonds. The number of carbonyl (C=O) groups is 1. The van der Waals surface area contributed by atoms with Gasteiger partial charge in [0.05, 0.1) is 5.69 Å². The van der Waals surface area contributed by atoms with E-state index in [4.69, 9.17) is 0 Å². The van der Waals surface area contributed by atoms with Gasteiger partial charge in [0.2, 0.25) is 0 Å². The van der Waals surface area contributed by atoms with Gasteiger partial charge in [-0.1, -0.05) is 13.8 Å². The van der Waals surface area contributed by atoms with E-state index in [0.29, 0.717) is 0 Å². The SMILES string of the molecule is CCC1(CC)NC(=O)c2sc(-c3ccncc3)cc2N1C. The van der Waals surface area contributed by atoms with Crippen molar-refractivity contribution in [2.24, 2.45) is 0 Å². The van der Waals surface area contributed by atoms with E-state index >= 15 is 0 Å². The van der Waals surface area contributed by atoms with Gasteiger partial charge in [0, 0.05) is 24.3 Å². The molecule has 5 heteroatoms. The van der Waals surface area contributed by atoms with Crippen molar-refractivity contribution in [1.82, 2.24) is 10.3 Å². The monoisotopic (exact) mass is 301 g/mol. The number of amides is 1. The van der Waals surface area contributed by atoms with Crippen LogP contribution < -0.4 is 10.2 Å². The second kappa shape index (κ2) is 5.15. The molecule has 0 aromatic carbocycles. The molecule has 1 N–H and O–H groups in total. The standard InChI is InChI=1S/C16H19N3OS/c1-4-16(5-2)18-15(20)14-12(19(16)3)10-13(21-14)11-6-8-17-9-7-11/h6-10H,4-5H2,1-3H3,(H,18,20). The molecule has 1 aliphatic heterocycles. The molecule has 0 unspecified atom stereocenters. The van der Waals surface area contributed by atoms with Crippen molar-refractivity contribution in [2.75, 3.05) is 11.9 Å². The summed E-state index contributed by atoms with van der Waals surface area (Å²) in [5.74, 6) is 0.0390. The van der Waals surface area contributed by atoms with Crippen LogP contribution in [0.3, 0.4) is 0 Å². The molecule has 0 saturated carbocycles. The van der Waals surface area contributed by atoms with Crippen molar-refractivity contribution < 1.29 is 4.79 Å². The minimum absolute atomic E-state index is 0.0390. The first-order chi connectivity index (χ1) is 10.1. The molecule has 3 heterocycles. The number of nitrogens with one attached hydrogen (secondary N) is 1. The number of pyridine rings is 1. The molecule has 0 atom stereocenters. The van der Waals surface area contributed by atoms with Crippen LogP contribution in [0.25, 0.3) is 10.4 Å². The van der Waals surface area contributed by atoms with Crippen LogP contribution in [0.15, 0.2) is 30.6 Å². The first-order valence-electron chi connectivity index (χ1n) is 7.22. The maximum absolute atomic E-state index is 12.5. The number of fused-ring (bicyclic) bond motifs is 1. The predicted molar refractivity (Wildman–Crippen MR) is 86.7 cm³/mol. The van der Waals surface area contributed by atoms with Crippen LogP contribution >= 0.6 is 11.3 Å². The lowest BCUT2D eigenvalue weighted by atomic mass is 9.98. The predicted octanol–water partition coefficient (Wildman–Crippen LogP) is 3.51. The number of nitrogens with zero attached hydrogens (tertiary/aromatic N) is 2. The zero-order valence-electron chi connectivity index (χ0n) is 12.5. The summed E-state index contributed by atoms with van der Waals surface area (Å²) in [6.45, 7) is 4.23. The van der Waals surface area contributed by atoms with Crippen LogP contribution in [0, 0.1) is 0 Å². The number of hydrogen-bond donors (Lipinski definition) is 1. The largest absolute Gasteiger partial charge is 0.350 e. The van der Waals surface area contributed by atoms with Crippen LogP contribution in [0.1, 0.15) is 36.4 Å². The molecule has 2 aromatic rings. The molecule has 2 aromatic heterocycles. The first kappa shape index (κ1) is 14.1. The minimum atomic E-state index is -0.277. The lowest BCUT2D eigenvalue weighted by Crippen LogP contribution is -2.61. The highest BCUT2D eigenvalue weighted by atomic mass is 32.1. The van der Waals surface area contributed by atoms with Gasteiger partial charge in [0.25, 0.3) is 5.91 Å². The third-order valence-corrected chi connectivity index (χ3v) is 5.58. The minimum Gasteiger partial charge on any atom is -0.350 e. The highest BCUT2D eigenvalue weighted by Gasteiger charge is 2.40. The van der Waals surface area contributed by atoms with E-state index in [1.54, 1.807) is 23.7 Å². The normalized spacial score (nSPS) is 16.5. The Kier molecular flexibility index (Phi) is 3.45. The second-order valence-electron chi connectivity index (χ2n) is 5.31. The third kappa shape index (κ3) is 2.12. The molecule has 21 heavy (non-hydrogen) atoms. The molecule has 0 aliphatic carbocycles. The smallest absolute Gasteiger partial charge is 0.265 e. The molecule has 0 spiro atoms. The van der Waals surface area contributed by atoms with Crippen LogP contribution in [0.4, 0.5) is 5.69 Å². The van der Waals surface area contributed by atoms with Crippen molar-refractivity contribution in [2.45, 2.75) is 32.4 Å². The summed E-state index contributed by atoms with van der Waals surface area (Å²) in [6, 6.07) is 6.07. The van der Waals surface area contributed by atoms with Crippen molar-refractivity contribution in [3.8, 4) is 10.4 Å². The fraction of sp³-hybridized carbons (Fsp3) is 0.375. The van der Waals surface area contributed by atoms with Crippen LogP contribution in [-0.4, -0.2) is 23.6 Å². The van der Waals surface area contributed by atoms with Gasteiger partial charge in [0.1, 0.15) is 10.5 Å². The quantitative estimate of drug-likeness (QED) is 0.943. The fourth-order valence-electron chi connectivity index (χ4n) is 2.94. The van der Waals surface area contributed by atoms with E-state index in [2.05, 4.69) is 42.2 Å². The van der Waals surface area contributed by atoms with Gasteiger partial charge < -0.3 is 10.2 Å². The van der Waals surface area contributed by atoms with Crippen LogP contribution in [0.2, 0.25) is 0 Å².